The zero-order chi connectivity index (χ0) is 13.7. The number of carbonyl (C=O) groups is 1. The van der Waals surface area contributed by atoms with Crippen LogP contribution in [0.15, 0.2) is 18.2 Å². The largest absolute Gasteiger partial charge is 0.481 e. The van der Waals surface area contributed by atoms with Crippen molar-refractivity contribution >= 4 is 5.91 Å². The molecule has 2 N–H and O–H groups in total. The van der Waals surface area contributed by atoms with Gasteiger partial charge in [-0.25, -0.2) is 4.39 Å². The Hall–Kier alpha value is -1.62. The molecule has 0 heterocycles. The first-order valence-electron chi connectivity index (χ1n) is 5.80. The standard InChI is InChI=1S/C13H18FNO3/c1-8(2)15-13(17)7-18-12-5-4-10(9(3)16)6-11(12)14/h4-6,8-9,16H,7H2,1-3H3,(H,15,17). The monoisotopic (exact) mass is 255 g/mol. The van der Waals surface area contributed by atoms with Crippen molar-refractivity contribution in [2.75, 3.05) is 6.61 Å². The second-order valence-electron chi connectivity index (χ2n) is 4.38. The number of rotatable bonds is 5. The van der Waals surface area contributed by atoms with Crippen LogP contribution in [0, 0.1) is 5.82 Å². The fourth-order valence-electron chi connectivity index (χ4n) is 1.40. The molecule has 0 aliphatic heterocycles. The van der Waals surface area contributed by atoms with Crippen LogP contribution >= 0.6 is 0 Å². The average Bonchev–Trinajstić information content (AvgIpc) is 2.26. The number of ether oxygens (including phenoxy) is 1. The van der Waals surface area contributed by atoms with Gasteiger partial charge in [-0.3, -0.25) is 4.79 Å². The highest BCUT2D eigenvalue weighted by Gasteiger charge is 2.10. The maximum Gasteiger partial charge on any atom is 0.258 e. The smallest absolute Gasteiger partial charge is 0.258 e. The fraction of sp³-hybridized carbons (Fsp3) is 0.462. The van der Waals surface area contributed by atoms with Crippen LogP contribution in [-0.4, -0.2) is 23.7 Å². The van der Waals surface area contributed by atoms with E-state index >= 15 is 0 Å². The normalized spacial score (nSPS) is 12.3. The van der Waals surface area contributed by atoms with Crippen molar-refractivity contribution in [1.82, 2.24) is 5.32 Å². The first-order chi connectivity index (χ1) is 8.40. The van der Waals surface area contributed by atoms with Gasteiger partial charge in [0.1, 0.15) is 0 Å². The summed E-state index contributed by atoms with van der Waals surface area (Å²) in [5.74, 6) is -0.895. The number of nitrogens with one attached hydrogen (secondary N) is 1. The van der Waals surface area contributed by atoms with E-state index in [9.17, 15) is 14.3 Å². The molecule has 1 amide bonds. The third-order valence-electron chi connectivity index (χ3n) is 2.25. The molecular formula is C13H18FNO3. The Morgan fingerprint density at radius 1 is 1.44 bits per heavy atom. The molecule has 1 rings (SSSR count). The summed E-state index contributed by atoms with van der Waals surface area (Å²) in [6, 6.07) is 4.17. The Labute approximate surface area is 106 Å². The summed E-state index contributed by atoms with van der Waals surface area (Å²) < 4.78 is 18.6. The molecule has 0 aliphatic rings. The van der Waals surface area contributed by atoms with Gasteiger partial charge in [0, 0.05) is 6.04 Å². The first kappa shape index (κ1) is 14.4. The van der Waals surface area contributed by atoms with E-state index in [0.717, 1.165) is 0 Å². The van der Waals surface area contributed by atoms with E-state index in [1.165, 1.54) is 12.1 Å². The van der Waals surface area contributed by atoms with Gasteiger partial charge >= 0.3 is 0 Å². The van der Waals surface area contributed by atoms with Crippen LogP contribution in [0.25, 0.3) is 0 Å². The minimum absolute atomic E-state index is 0.00157. The van der Waals surface area contributed by atoms with Crippen molar-refractivity contribution in [2.24, 2.45) is 0 Å². The van der Waals surface area contributed by atoms with E-state index < -0.39 is 11.9 Å². The molecule has 0 saturated carbocycles. The summed E-state index contributed by atoms with van der Waals surface area (Å²) in [6.07, 6.45) is -0.738. The summed E-state index contributed by atoms with van der Waals surface area (Å²) in [5, 5.41) is 11.9. The number of hydrogen-bond donors (Lipinski definition) is 2. The minimum atomic E-state index is -0.738. The quantitative estimate of drug-likeness (QED) is 0.843. The van der Waals surface area contributed by atoms with E-state index in [2.05, 4.69) is 5.32 Å². The molecule has 18 heavy (non-hydrogen) atoms. The Bertz CT molecular complexity index is 419. The van der Waals surface area contributed by atoms with Gasteiger partial charge in [-0.05, 0) is 38.5 Å². The van der Waals surface area contributed by atoms with Crippen LogP contribution in [0.5, 0.6) is 5.75 Å². The molecule has 4 nitrogen and oxygen atoms in total. The molecule has 0 fully saturated rings. The number of aliphatic hydroxyl groups is 1. The third-order valence-corrected chi connectivity index (χ3v) is 2.25. The molecule has 1 atom stereocenters. The lowest BCUT2D eigenvalue weighted by molar-refractivity contribution is -0.123. The topological polar surface area (TPSA) is 58.6 Å². The van der Waals surface area contributed by atoms with Gasteiger partial charge in [-0.2, -0.15) is 0 Å². The average molecular weight is 255 g/mol. The van der Waals surface area contributed by atoms with E-state index in [1.54, 1.807) is 13.0 Å². The van der Waals surface area contributed by atoms with E-state index in [-0.39, 0.29) is 24.3 Å². The highest BCUT2D eigenvalue weighted by molar-refractivity contribution is 5.77. The number of amides is 1. The number of aliphatic hydroxyl groups excluding tert-OH is 1. The van der Waals surface area contributed by atoms with Crippen molar-refractivity contribution < 1.29 is 19.0 Å². The van der Waals surface area contributed by atoms with Crippen molar-refractivity contribution in [3.05, 3.63) is 29.6 Å². The van der Waals surface area contributed by atoms with Crippen LogP contribution in [0.1, 0.15) is 32.4 Å². The fourth-order valence-corrected chi connectivity index (χ4v) is 1.40. The number of benzene rings is 1. The zero-order valence-corrected chi connectivity index (χ0v) is 10.7. The second kappa shape index (κ2) is 6.35. The molecular weight excluding hydrogens is 237 g/mol. The van der Waals surface area contributed by atoms with Crippen LogP contribution in [0.2, 0.25) is 0 Å². The van der Waals surface area contributed by atoms with Crippen LogP contribution < -0.4 is 10.1 Å². The summed E-state index contributed by atoms with van der Waals surface area (Å²) in [6.45, 7) is 4.97. The summed E-state index contributed by atoms with van der Waals surface area (Å²) in [7, 11) is 0. The second-order valence-corrected chi connectivity index (χ2v) is 4.38. The summed E-state index contributed by atoms with van der Waals surface area (Å²) >= 11 is 0. The van der Waals surface area contributed by atoms with Gasteiger partial charge in [0.15, 0.2) is 18.2 Å². The maximum atomic E-state index is 13.6. The van der Waals surface area contributed by atoms with Gasteiger partial charge in [0.2, 0.25) is 0 Å². The van der Waals surface area contributed by atoms with Gasteiger partial charge in [-0.1, -0.05) is 6.07 Å². The van der Waals surface area contributed by atoms with Crippen molar-refractivity contribution in [3.8, 4) is 5.75 Å². The van der Waals surface area contributed by atoms with Crippen molar-refractivity contribution in [1.29, 1.82) is 0 Å². The van der Waals surface area contributed by atoms with Gasteiger partial charge in [0.25, 0.3) is 5.91 Å². The highest BCUT2D eigenvalue weighted by atomic mass is 19.1. The lowest BCUT2D eigenvalue weighted by atomic mass is 10.1. The zero-order valence-electron chi connectivity index (χ0n) is 10.7. The SMILES string of the molecule is CC(C)NC(=O)COc1ccc(C(C)O)cc1F. The molecule has 0 bridgehead atoms. The lowest BCUT2D eigenvalue weighted by Gasteiger charge is -2.11. The van der Waals surface area contributed by atoms with Gasteiger partial charge < -0.3 is 15.2 Å². The van der Waals surface area contributed by atoms with E-state index in [1.807, 2.05) is 13.8 Å². The Morgan fingerprint density at radius 3 is 2.61 bits per heavy atom. The number of carbonyl (C=O) groups excluding carboxylic acids is 1. The summed E-state index contributed by atoms with van der Waals surface area (Å²) in [5.41, 5.74) is 0.464. The maximum absolute atomic E-state index is 13.6. The molecule has 1 aromatic carbocycles. The molecule has 1 unspecified atom stereocenters. The Balaban J connectivity index is 2.60. The minimum Gasteiger partial charge on any atom is -0.481 e. The van der Waals surface area contributed by atoms with E-state index in [4.69, 9.17) is 4.74 Å². The molecule has 0 radical (unpaired) electrons. The Kier molecular flexibility index (Phi) is 5.09. The molecule has 100 valence electrons. The molecule has 0 aliphatic carbocycles. The van der Waals surface area contributed by atoms with Gasteiger partial charge in [0.05, 0.1) is 6.10 Å². The molecule has 0 saturated heterocycles. The lowest BCUT2D eigenvalue weighted by Crippen LogP contribution is -2.34. The number of hydrogen-bond acceptors (Lipinski definition) is 3. The first-order valence-corrected chi connectivity index (χ1v) is 5.80. The van der Waals surface area contributed by atoms with Crippen molar-refractivity contribution in [2.45, 2.75) is 32.9 Å². The molecule has 1 aromatic rings. The Morgan fingerprint density at radius 2 is 2.11 bits per heavy atom. The predicted molar refractivity (Wildman–Crippen MR) is 65.8 cm³/mol. The van der Waals surface area contributed by atoms with Crippen molar-refractivity contribution in [3.63, 3.8) is 0 Å². The third kappa shape index (κ3) is 4.33. The summed E-state index contributed by atoms with van der Waals surface area (Å²) in [4.78, 5) is 11.3. The van der Waals surface area contributed by atoms with Crippen LogP contribution in [0.4, 0.5) is 4.39 Å². The predicted octanol–water partition coefficient (Wildman–Crippen LogP) is 1.78. The molecule has 5 heteroatoms. The van der Waals surface area contributed by atoms with Gasteiger partial charge in [-0.15, -0.1) is 0 Å². The molecule has 0 spiro atoms. The van der Waals surface area contributed by atoms with Crippen LogP contribution in [-0.2, 0) is 4.79 Å². The molecule has 0 aromatic heterocycles. The highest BCUT2D eigenvalue weighted by Crippen LogP contribution is 2.21. The van der Waals surface area contributed by atoms with E-state index in [0.29, 0.717) is 5.56 Å². The van der Waals surface area contributed by atoms with Crippen LogP contribution in [0.3, 0.4) is 0 Å². The number of halogens is 1.